The van der Waals surface area contributed by atoms with Gasteiger partial charge >= 0.3 is 5.97 Å². The second kappa shape index (κ2) is 8.32. The molecule has 0 aliphatic carbocycles. The fraction of sp³-hybridized carbons (Fsp3) is 0.154. The Hall–Kier alpha value is -4.31. The number of fused-ring (bicyclic) bond motifs is 2. The molecule has 1 aromatic heterocycles. The van der Waals surface area contributed by atoms with Gasteiger partial charge in [0.1, 0.15) is 11.5 Å². The van der Waals surface area contributed by atoms with E-state index in [1.54, 1.807) is 36.4 Å². The maximum Gasteiger partial charge on any atom is 0.337 e. The molecular weight excluding hydrogens is 419 g/mol. The van der Waals surface area contributed by atoms with E-state index in [0.717, 1.165) is 29.7 Å². The summed E-state index contributed by atoms with van der Waals surface area (Å²) in [6.07, 6.45) is 1.74. The van der Waals surface area contributed by atoms with Crippen LogP contribution in [0.2, 0.25) is 0 Å². The van der Waals surface area contributed by atoms with Crippen LogP contribution in [0, 0.1) is 17.1 Å². The lowest BCUT2D eigenvalue weighted by Gasteiger charge is -2.31. The number of esters is 1. The average Bonchev–Trinajstić information content (AvgIpc) is 2.86. The first kappa shape index (κ1) is 20.6. The van der Waals surface area contributed by atoms with E-state index in [-0.39, 0.29) is 5.82 Å². The highest BCUT2D eigenvalue weighted by Crippen LogP contribution is 2.38. The monoisotopic (exact) mass is 438 g/mol. The Balaban J connectivity index is 1.74. The lowest BCUT2D eigenvalue weighted by atomic mass is 9.99. The summed E-state index contributed by atoms with van der Waals surface area (Å²) in [7, 11) is 1.33. The number of benzene rings is 3. The summed E-state index contributed by atoms with van der Waals surface area (Å²) in [4.78, 5) is 23.9. The zero-order valence-electron chi connectivity index (χ0n) is 17.9. The normalized spacial score (nSPS) is 12.8. The first-order chi connectivity index (χ1) is 16.1. The number of nitrogens with zero attached hydrogens (tertiary/aromatic N) is 4. The largest absolute Gasteiger partial charge is 0.465 e. The van der Waals surface area contributed by atoms with E-state index >= 15 is 0 Å². The molecule has 33 heavy (non-hydrogen) atoms. The number of rotatable bonds is 3. The molecule has 2 heterocycles. The van der Waals surface area contributed by atoms with Crippen molar-refractivity contribution in [1.29, 1.82) is 5.26 Å². The van der Waals surface area contributed by atoms with Crippen molar-refractivity contribution in [2.75, 3.05) is 18.6 Å². The van der Waals surface area contributed by atoms with Crippen LogP contribution in [-0.4, -0.2) is 29.6 Å². The van der Waals surface area contributed by atoms with Crippen molar-refractivity contribution in [3.63, 3.8) is 0 Å². The lowest BCUT2D eigenvalue weighted by molar-refractivity contribution is 0.0601. The number of methoxy groups -OCH3 is 1. The minimum Gasteiger partial charge on any atom is -0.465 e. The van der Waals surface area contributed by atoms with Gasteiger partial charge in [0.2, 0.25) is 0 Å². The summed E-state index contributed by atoms with van der Waals surface area (Å²) in [5.41, 5.74) is 5.54. The van der Waals surface area contributed by atoms with Crippen LogP contribution in [0.15, 0.2) is 60.7 Å². The number of anilines is 2. The van der Waals surface area contributed by atoms with Gasteiger partial charge in [-0.2, -0.15) is 5.26 Å². The lowest BCUT2D eigenvalue weighted by Crippen LogP contribution is -2.26. The predicted octanol–water partition coefficient (Wildman–Crippen LogP) is 5.18. The smallest absolute Gasteiger partial charge is 0.337 e. The fourth-order valence-electron chi connectivity index (χ4n) is 4.17. The van der Waals surface area contributed by atoms with Crippen LogP contribution in [0.1, 0.15) is 27.9 Å². The topological polar surface area (TPSA) is 79.1 Å². The summed E-state index contributed by atoms with van der Waals surface area (Å²) >= 11 is 0. The highest BCUT2D eigenvalue weighted by molar-refractivity contribution is 5.95. The highest BCUT2D eigenvalue weighted by Gasteiger charge is 2.24. The van der Waals surface area contributed by atoms with Crippen molar-refractivity contribution >= 4 is 28.5 Å². The number of carbonyl (C=O) groups excluding carboxylic acids is 1. The molecule has 0 unspecified atom stereocenters. The number of hydrogen-bond donors (Lipinski definition) is 0. The van der Waals surface area contributed by atoms with Crippen LogP contribution < -0.4 is 4.90 Å². The van der Waals surface area contributed by atoms with E-state index < -0.39 is 5.97 Å². The van der Waals surface area contributed by atoms with Gasteiger partial charge in [-0.1, -0.05) is 0 Å². The molecule has 6 nitrogen and oxygen atoms in total. The summed E-state index contributed by atoms with van der Waals surface area (Å²) in [6, 6.07) is 19.0. The van der Waals surface area contributed by atoms with Crippen LogP contribution in [0.25, 0.3) is 22.3 Å². The van der Waals surface area contributed by atoms with Gasteiger partial charge in [0, 0.05) is 17.8 Å². The van der Waals surface area contributed by atoms with E-state index in [2.05, 4.69) is 11.0 Å². The molecule has 1 aliphatic rings. The predicted molar refractivity (Wildman–Crippen MR) is 123 cm³/mol. The second-order valence-electron chi connectivity index (χ2n) is 7.81. The van der Waals surface area contributed by atoms with Gasteiger partial charge in [0.25, 0.3) is 0 Å². The molecule has 0 N–H and O–H groups in total. The summed E-state index contributed by atoms with van der Waals surface area (Å²) in [6.45, 7) is 0.712. The molecule has 7 heteroatoms. The molecule has 0 bridgehead atoms. The number of nitriles is 1. The molecule has 0 spiro atoms. The zero-order chi connectivity index (χ0) is 22.9. The molecule has 0 fully saturated rings. The van der Waals surface area contributed by atoms with Crippen LogP contribution >= 0.6 is 0 Å². The standard InChI is InChI=1S/C26H19FN4O2/c1-33-26(32)19-7-10-21-22(14-19)30-25(24(29-21)17-5-8-20(27)9-6-17)31-12-2-3-18-13-16(15-28)4-11-23(18)31/h4-11,13-14H,2-3,12H2,1H3. The van der Waals surface area contributed by atoms with Gasteiger partial charge < -0.3 is 9.64 Å². The summed E-state index contributed by atoms with van der Waals surface area (Å²) in [5.74, 6) is -0.166. The Kier molecular flexibility index (Phi) is 5.19. The van der Waals surface area contributed by atoms with Gasteiger partial charge in [-0.15, -0.1) is 0 Å². The van der Waals surface area contributed by atoms with Gasteiger partial charge in [-0.25, -0.2) is 19.2 Å². The van der Waals surface area contributed by atoms with E-state index in [0.29, 0.717) is 40.2 Å². The van der Waals surface area contributed by atoms with Gasteiger partial charge in [-0.3, -0.25) is 0 Å². The number of ether oxygens (including phenoxy) is 1. The van der Waals surface area contributed by atoms with Gasteiger partial charge in [0.05, 0.1) is 35.3 Å². The van der Waals surface area contributed by atoms with Crippen molar-refractivity contribution in [3.05, 3.63) is 83.2 Å². The molecular formula is C26H19FN4O2. The van der Waals surface area contributed by atoms with E-state index in [9.17, 15) is 14.4 Å². The van der Waals surface area contributed by atoms with Crippen LogP contribution in [0.5, 0.6) is 0 Å². The summed E-state index contributed by atoms with van der Waals surface area (Å²) < 4.78 is 18.5. The molecule has 5 rings (SSSR count). The quantitative estimate of drug-likeness (QED) is 0.410. The van der Waals surface area contributed by atoms with E-state index in [4.69, 9.17) is 14.7 Å². The minimum atomic E-state index is -0.449. The van der Waals surface area contributed by atoms with Crippen molar-refractivity contribution in [2.45, 2.75) is 12.8 Å². The Morgan fingerprint density at radius 3 is 2.64 bits per heavy atom. The molecule has 162 valence electrons. The molecule has 3 aromatic carbocycles. The molecule has 0 radical (unpaired) electrons. The van der Waals surface area contributed by atoms with Gasteiger partial charge in [-0.05, 0) is 79.1 Å². The van der Waals surface area contributed by atoms with Crippen molar-refractivity contribution in [1.82, 2.24) is 9.97 Å². The Morgan fingerprint density at radius 1 is 1.06 bits per heavy atom. The van der Waals surface area contributed by atoms with Crippen LogP contribution in [-0.2, 0) is 11.2 Å². The Labute approximate surface area is 189 Å². The Morgan fingerprint density at radius 2 is 1.88 bits per heavy atom. The van der Waals surface area contributed by atoms with Crippen LogP contribution in [0.3, 0.4) is 0 Å². The van der Waals surface area contributed by atoms with Gasteiger partial charge in [0.15, 0.2) is 5.82 Å². The third kappa shape index (κ3) is 3.76. The van der Waals surface area contributed by atoms with Crippen molar-refractivity contribution in [3.8, 4) is 17.3 Å². The second-order valence-corrected chi connectivity index (χ2v) is 7.81. The first-order valence-corrected chi connectivity index (χ1v) is 10.5. The number of aromatic nitrogens is 2. The molecule has 0 saturated heterocycles. The highest BCUT2D eigenvalue weighted by atomic mass is 19.1. The first-order valence-electron chi connectivity index (χ1n) is 10.5. The van der Waals surface area contributed by atoms with E-state index in [1.165, 1.54) is 19.2 Å². The number of aryl methyl sites for hydroxylation is 1. The number of carbonyl (C=O) groups is 1. The third-order valence-corrected chi connectivity index (χ3v) is 5.77. The maximum absolute atomic E-state index is 13.6. The van der Waals surface area contributed by atoms with E-state index in [1.807, 2.05) is 12.1 Å². The third-order valence-electron chi connectivity index (χ3n) is 5.77. The number of halogens is 1. The molecule has 0 atom stereocenters. The zero-order valence-corrected chi connectivity index (χ0v) is 17.9. The molecule has 4 aromatic rings. The number of hydrogen-bond acceptors (Lipinski definition) is 6. The Bertz CT molecular complexity index is 1430. The molecule has 1 aliphatic heterocycles. The van der Waals surface area contributed by atoms with Crippen molar-refractivity contribution < 1.29 is 13.9 Å². The summed E-state index contributed by atoms with van der Waals surface area (Å²) in [5, 5.41) is 9.29. The van der Waals surface area contributed by atoms with Crippen molar-refractivity contribution in [2.24, 2.45) is 0 Å². The average molecular weight is 438 g/mol. The minimum absolute atomic E-state index is 0.330. The molecule has 0 amide bonds. The molecule has 0 saturated carbocycles. The SMILES string of the molecule is COC(=O)c1ccc2nc(-c3ccc(F)cc3)c(N3CCCc4cc(C#N)ccc43)nc2c1. The maximum atomic E-state index is 13.6. The fourth-order valence-corrected chi connectivity index (χ4v) is 4.17. The van der Waals surface area contributed by atoms with Crippen LogP contribution in [0.4, 0.5) is 15.9 Å².